The monoisotopic (exact) mass is 575 g/mol. The number of carbonyl (C=O) groups excluding carboxylic acids is 1. The van der Waals surface area contributed by atoms with E-state index in [1.165, 1.54) is 24.4 Å². The Bertz CT molecular complexity index is 1720. The minimum Gasteiger partial charge on any atom is -0.373 e. The smallest absolute Gasteiger partial charge is 0.239 e. The van der Waals surface area contributed by atoms with Crippen molar-refractivity contribution in [2.45, 2.75) is 37.7 Å². The average molecular weight is 576 g/mol. The third kappa shape index (κ3) is 5.60. The van der Waals surface area contributed by atoms with Crippen molar-refractivity contribution in [3.63, 3.8) is 0 Å². The van der Waals surface area contributed by atoms with Crippen LogP contribution in [0.2, 0.25) is 0 Å². The molecular weight excluding hydrogens is 550 g/mol. The lowest BCUT2D eigenvalue weighted by Gasteiger charge is -2.17. The molecule has 0 bridgehead atoms. The van der Waals surface area contributed by atoms with E-state index in [9.17, 15) is 22.4 Å². The number of benzene rings is 1. The lowest BCUT2D eigenvalue weighted by molar-refractivity contribution is -0.118. The van der Waals surface area contributed by atoms with Crippen LogP contribution in [-0.4, -0.2) is 38.9 Å². The third-order valence-electron chi connectivity index (χ3n) is 7.26. The number of nitrogens with one attached hydrogen (secondary N) is 2. The maximum atomic E-state index is 14.9. The highest BCUT2D eigenvalue weighted by Crippen LogP contribution is 2.41. The van der Waals surface area contributed by atoms with Crippen LogP contribution in [-0.2, 0) is 9.53 Å². The van der Waals surface area contributed by atoms with E-state index in [-0.39, 0.29) is 17.5 Å². The zero-order chi connectivity index (χ0) is 29.2. The number of ether oxygens (including phenoxy) is 1. The number of amides is 1. The van der Waals surface area contributed by atoms with E-state index in [2.05, 4.69) is 25.3 Å². The van der Waals surface area contributed by atoms with Gasteiger partial charge in [-0.05, 0) is 54.8 Å². The van der Waals surface area contributed by atoms with Gasteiger partial charge in [-0.2, -0.15) is 4.39 Å². The molecule has 6 rings (SSSR count). The molecule has 42 heavy (non-hydrogen) atoms. The molecule has 1 aliphatic heterocycles. The van der Waals surface area contributed by atoms with Crippen molar-refractivity contribution < 1.29 is 27.1 Å². The first-order chi connectivity index (χ1) is 20.4. The van der Waals surface area contributed by atoms with Gasteiger partial charge >= 0.3 is 0 Å². The van der Waals surface area contributed by atoms with E-state index in [1.54, 1.807) is 30.5 Å². The molecule has 0 unspecified atom stereocenters. The summed E-state index contributed by atoms with van der Waals surface area (Å²) in [6.07, 6.45) is 0.885. The number of nitrogens with zero attached hydrogens (tertiary/aromatic N) is 3. The summed E-state index contributed by atoms with van der Waals surface area (Å²) in [6.45, 7) is 0.578. The summed E-state index contributed by atoms with van der Waals surface area (Å²) in [5.41, 5.74) is 4.12. The highest BCUT2D eigenvalue weighted by Gasteiger charge is 2.28. The maximum Gasteiger partial charge on any atom is 0.239 e. The first-order valence-corrected chi connectivity index (χ1v) is 13.4. The largest absolute Gasteiger partial charge is 0.373 e. The van der Waals surface area contributed by atoms with Gasteiger partial charge in [0.15, 0.2) is 0 Å². The molecule has 5 aromatic rings. The summed E-state index contributed by atoms with van der Waals surface area (Å²) < 4.78 is 60.9. The zero-order valence-corrected chi connectivity index (χ0v) is 22.2. The Kier molecular flexibility index (Phi) is 7.66. The minimum atomic E-state index is -2.76. The molecule has 11 heteroatoms. The second-order valence-corrected chi connectivity index (χ2v) is 10.00. The molecule has 1 aliphatic rings. The summed E-state index contributed by atoms with van der Waals surface area (Å²) in [6, 6.07) is 14.9. The van der Waals surface area contributed by atoms with E-state index in [1.807, 2.05) is 6.07 Å². The van der Waals surface area contributed by atoms with E-state index in [0.717, 1.165) is 25.0 Å². The number of hydrogen-bond donors (Lipinski definition) is 2. The van der Waals surface area contributed by atoms with Crippen LogP contribution in [0.15, 0.2) is 73.1 Å². The molecule has 1 saturated heterocycles. The number of anilines is 1. The number of pyridine rings is 3. The van der Waals surface area contributed by atoms with Gasteiger partial charge in [-0.15, -0.1) is 0 Å². The molecule has 1 fully saturated rings. The SMILES string of the molecule is O=C(Nc1cc(-c2[nH]c3c([C@H]4CCCO4)cc(F)nc3c2-c2ccccn2)ccn1)[C@H](CC(F)F)c1ccc(F)cc1. The number of halogens is 4. The van der Waals surface area contributed by atoms with Crippen molar-refractivity contribution in [3.8, 4) is 22.5 Å². The van der Waals surface area contributed by atoms with Crippen molar-refractivity contribution in [2.24, 2.45) is 0 Å². The maximum absolute atomic E-state index is 14.9. The number of aromatic amines is 1. The van der Waals surface area contributed by atoms with Gasteiger partial charge < -0.3 is 15.0 Å². The van der Waals surface area contributed by atoms with E-state index < -0.39 is 36.4 Å². The molecule has 2 atom stereocenters. The van der Waals surface area contributed by atoms with Gasteiger partial charge in [0.05, 0.1) is 34.5 Å². The van der Waals surface area contributed by atoms with Crippen molar-refractivity contribution in [1.82, 2.24) is 19.9 Å². The quantitative estimate of drug-likeness (QED) is 0.151. The average Bonchev–Trinajstić information content (AvgIpc) is 3.65. The van der Waals surface area contributed by atoms with Crippen LogP contribution in [0.5, 0.6) is 0 Å². The Balaban J connectivity index is 1.41. The predicted molar refractivity (Wildman–Crippen MR) is 149 cm³/mol. The summed E-state index contributed by atoms with van der Waals surface area (Å²) in [4.78, 5) is 29.5. The number of aromatic nitrogens is 4. The zero-order valence-electron chi connectivity index (χ0n) is 22.2. The summed E-state index contributed by atoms with van der Waals surface area (Å²) in [7, 11) is 0. The highest BCUT2D eigenvalue weighted by atomic mass is 19.3. The van der Waals surface area contributed by atoms with Crippen LogP contribution in [0.25, 0.3) is 33.5 Å². The summed E-state index contributed by atoms with van der Waals surface area (Å²) in [5, 5.41) is 2.63. The van der Waals surface area contributed by atoms with E-state index >= 15 is 0 Å². The Morgan fingerprint density at radius 2 is 1.88 bits per heavy atom. The Morgan fingerprint density at radius 3 is 2.60 bits per heavy atom. The van der Waals surface area contributed by atoms with Gasteiger partial charge in [0.2, 0.25) is 18.3 Å². The second-order valence-electron chi connectivity index (χ2n) is 10.00. The number of H-pyrrole nitrogens is 1. The second kappa shape index (κ2) is 11.7. The van der Waals surface area contributed by atoms with Crippen LogP contribution >= 0.6 is 0 Å². The first kappa shape index (κ1) is 27.5. The Morgan fingerprint density at radius 1 is 1.05 bits per heavy atom. The van der Waals surface area contributed by atoms with Crippen molar-refractivity contribution in [1.29, 1.82) is 0 Å². The fourth-order valence-electron chi connectivity index (χ4n) is 5.34. The molecule has 1 amide bonds. The number of carbonyl (C=O) groups is 1. The molecule has 1 aromatic carbocycles. The minimum absolute atomic E-state index is 0.114. The van der Waals surface area contributed by atoms with Crippen LogP contribution in [0, 0.1) is 11.8 Å². The van der Waals surface area contributed by atoms with Gasteiger partial charge in [-0.1, -0.05) is 18.2 Å². The number of rotatable bonds is 8. The van der Waals surface area contributed by atoms with Crippen molar-refractivity contribution in [2.75, 3.05) is 11.9 Å². The number of fused-ring (bicyclic) bond motifs is 1. The highest BCUT2D eigenvalue weighted by molar-refractivity contribution is 6.02. The van der Waals surface area contributed by atoms with Gasteiger partial charge in [0.1, 0.15) is 17.2 Å². The first-order valence-electron chi connectivity index (χ1n) is 13.4. The fraction of sp³-hybridized carbons (Fsp3) is 0.226. The number of alkyl halides is 2. The topological polar surface area (TPSA) is 92.8 Å². The van der Waals surface area contributed by atoms with Crippen molar-refractivity contribution in [3.05, 3.63) is 95.9 Å². The molecule has 0 radical (unpaired) electrons. The fourth-order valence-corrected chi connectivity index (χ4v) is 5.34. The van der Waals surface area contributed by atoms with Crippen LogP contribution in [0.4, 0.5) is 23.4 Å². The molecule has 0 saturated carbocycles. The lowest BCUT2D eigenvalue weighted by Crippen LogP contribution is -2.23. The van der Waals surface area contributed by atoms with Gasteiger partial charge in [0, 0.05) is 42.6 Å². The van der Waals surface area contributed by atoms with E-state index in [0.29, 0.717) is 45.7 Å². The van der Waals surface area contributed by atoms with E-state index in [4.69, 9.17) is 4.74 Å². The molecule has 4 aromatic heterocycles. The standard InChI is InChI=1S/C31H25F4N5O2/c32-19-8-6-17(7-9-19)20(15-24(33)34)31(41)39-26-14-18(10-12-37-26)28-27(22-4-1-2-11-36-22)30-29(40-28)21(16-25(35)38-30)23-5-3-13-42-23/h1-2,4,6-12,14,16,20,23-24,40H,3,5,13,15H2,(H,37,39,41)/t20-,23-/m1/s1. The summed E-state index contributed by atoms with van der Waals surface area (Å²) in [5.74, 6) is -3.01. The normalized spacial score (nSPS) is 15.8. The predicted octanol–water partition coefficient (Wildman–Crippen LogP) is 7.19. The molecule has 5 heterocycles. The lowest BCUT2D eigenvalue weighted by atomic mass is 9.95. The van der Waals surface area contributed by atoms with Crippen LogP contribution in [0.3, 0.4) is 0 Å². The van der Waals surface area contributed by atoms with Gasteiger partial charge in [-0.3, -0.25) is 9.78 Å². The molecule has 214 valence electrons. The van der Waals surface area contributed by atoms with Crippen molar-refractivity contribution >= 4 is 22.8 Å². The van der Waals surface area contributed by atoms with Gasteiger partial charge in [-0.25, -0.2) is 23.1 Å². The molecule has 0 aliphatic carbocycles. The van der Waals surface area contributed by atoms with Crippen LogP contribution < -0.4 is 5.32 Å². The molecule has 2 N–H and O–H groups in total. The molecular formula is C31H25F4N5O2. The van der Waals surface area contributed by atoms with Gasteiger partial charge in [0.25, 0.3) is 0 Å². The van der Waals surface area contributed by atoms with Crippen LogP contribution in [0.1, 0.15) is 42.4 Å². The number of hydrogen-bond acceptors (Lipinski definition) is 5. The molecule has 0 spiro atoms. The third-order valence-corrected chi connectivity index (χ3v) is 7.26. The Labute approximate surface area is 238 Å². The summed E-state index contributed by atoms with van der Waals surface area (Å²) >= 11 is 0. The molecule has 7 nitrogen and oxygen atoms in total. The Hall–Kier alpha value is -4.64.